The highest BCUT2D eigenvalue weighted by Gasteiger charge is 2.08. The first-order valence-corrected chi connectivity index (χ1v) is 7.50. The van der Waals surface area contributed by atoms with Gasteiger partial charge in [0.2, 0.25) is 0 Å². The first-order chi connectivity index (χ1) is 10.7. The van der Waals surface area contributed by atoms with Crippen LogP contribution in [-0.4, -0.2) is 19.2 Å². The number of hydrogen-bond donors (Lipinski definition) is 1. The SMILES string of the molecule is COc1ccc(CNc2nc3cc(Br)ccc3o2)c(OC)c1. The van der Waals surface area contributed by atoms with Crippen LogP contribution >= 0.6 is 15.9 Å². The Hall–Kier alpha value is -2.21. The van der Waals surface area contributed by atoms with Crippen molar-refractivity contribution in [2.45, 2.75) is 6.54 Å². The molecule has 0 unspecified atom stereocenters. The molecule has 0 aliphatic carbocycles. The van der Waals surface area contributed by atoms with E-state index >= 15 is 0 Å². The lowest BCUT2D eigenvalue weighted by Crippen LogP contribution is -2.02. The number of nitrogens with zero attached hydrogens (tertiary/aromatic N) is 1. The van der Waals surface area contributed by atoms with Crippen LogP contribution in [0, 0.1) is 0 Å². The van der Waals surface area contributed by atoms with Crippen LogP contribution in [0.25, 0.3) is 11.1 Å². The van der Waals surface area contributed by atoms with Gasteiger partial charge in [-0.05, 0) is 30.3 Å². The lowest BCUT2D eigenvalue weighted by molar-refractivity contribution is 0.391. The fourth-order valence-electron chi connectivity index (χ4n) is 2.14. The summed E-state index contributed by atoms with van der Waals surface area (Å²) in [6.07, 6.45) is 0. The molecular weight excluding hydrogens is 348 g/mol. The van der Waals surface area contributed by atoms with E-state index < -0.39 is 0 Å². The molecule has 5 nitrogen and oxygen atoms in total. The predicted molar refractivity (Wildman–Crippen MR) is 88.6 cm³/mol. The maximum absolute atomic E-state index is 5.65. The van der Waals surface area contributed by atoms with E-state index in [0.717, 1.165) is 32.6 Å². The molecule has 0 bridgehead atoms. The number of halogens is 1. The number of ether oxygens (including phenoxy) is 2. The Morgan fingerprint density at radius 2 is 2.00 bits per heavy atom. The Bertz CT molecular complexity index is 801. The lowest BCUT2D eigenvalue weighted by Gasteiger charge is -2.10. The highest BCUT2D eigenvalue weighted by molar-refractivity contribution is 9.10. The van der Waals surface area contributed by atoms with E-state index in [1.54, 1.807) is 14.2 Å². The monoisotopic (exact) mass is 362 g/mol. The van der Waals surface area contributed by atoms with Crippen molar-refractivity contribution in [3.8, 4) is 11.5 Å². The van der Waals surface area contributed by atoms with Crippen LogP contribution in [0.2, 0.25) is 0 Å². The number of nitrogens with one attached hydrogen (secondary N) is 1. The van der Waals surface area contributed by atoms with Crippen LogP contribution < -0.4 is 14.8 Å². The zero-order valence-electron chi connectivity index (χ0n) is 12.2. The molecule has 0 aliphatic heterocycles. The molecule has 114 valence electrons. The summed E-state index contributed by atoms with van der Waals surface area (Å²) in [6.45, 7) is 0.543. The molecule has 3 rings (SSSR count). The van der Waals surface area contributed by atoms with Gasteiger partial charge in [-0.25, -0.2) is 0 Å². The number of benzene rings is 2. The molecule has 0 amide bonds. The molecule has 1 aromatic heterocycles. The molecule has 3 aromatic rings. The maximum Gasteiger partial charge on any atom is 0.295 e. The van der Waals surface area contributed by atoms with Crippen molar-refractivity contribution in [2.75, 3.05) is 19.5 Å². The van der Waals surface area contributed by atoms with E-state index in [9.17, 15) is 0 Å². The molecule has 0 aliphatic rings. The minimum Gasteiger partial charge on any atom is -0.497 e. The minimum absolute atomic E-state index is 0.478. The standard InChI is InChI=1S/C16H15BrN2O3/c1-20-12-5-3-10(15(8-12)21-2)9-18-16-19-13-7-11(17)4-6-14(13)22-16/h3-8H,9H2,1-2H3,(H,18,19). The highest BCUT2D eigenvalue weighted by atomic mass is 79.9. The maximum atomic E-state index is 5.65. The van der Waals surface area contributed by atoms with Crippen molar-refractivity contribution in [2.24, 2.45) is 0 Å². The zero-order valence-corrected chi connectivity index (χ0v) is 13.8. The number of fused-ring (bicyclic) bond motifs is 1. The predicted octanol–water partition coefficient (Wildman–Crippen LogP) is 4.22. The van der Waals surface area contributed by atoms with Crippen LogP contribution in [-0.2, 0) is 6.54 Å². The number of hydrogen-bond acceptors (Lipinski definition) is 5. The molecule has 0 radical (unpaired) electrons. The molecule has 6 heteroatoms. The molecule has 0 atom stereocenters. The second kappa shape index (κ2) is 6.27. The molecule has 0 fully saturated rings. The van der Waals surface area contributed by atoms with E-state index in [1.165, 1.54) is 0 Å². The molecular formula is C16H15BrN2O3. The molecule has 22 heavy (non-hydrogen) atoms. The van der Waals surface area contributed by atoms with Gasteiger partial charge in [-0.1, -0.05) is 15.9 Å². The summed E-state index contributed by atoms with van der Waals surface area (Å²) in [5.41, 5.74) is 2.54. The number of methoxy groups -OCH3 is 2. The Balaban J connectivity index is 1.78. The summed E-state index contributed by atoms with van der Waals surface area (Å²) in [6, 6.07) is 11.9. The number of rotatable bonds is 5. The van der Waals surface area contributed by atoms with Crippen LogP contribution in [0.1, 0.15) is 5.56 Å². The number of oxazole rings is 1. The molecule has 1 heterocycles. The lowest BCUT2D eigenvalue weighted by atomic mass is 10.2. The Morgan fingerprint density at radius 1 is 1.14 bits per heavy atom. The van der Waals surface area contributed by atoms with Gasteiger partial charge in [0.05, 0.1) is 14.2 Å². The van der Waals surface area contributed by atoms with Crippen LogP contribution in [0.3, 0.4) is 0 Å². The van der Waals surface area contributed by atoms with Crippen molar-refractivity contribution in [1.29, 1.82) is 0 Å². The smallest absolute Gasteiger partial charge is 0.295 e. The van der Waals surface area contributed by atoms with Crippen LogP contribution in [0.5, 0.6) is 11.5 Å². The second-order valence-corrected chi connectivity index (χ2v) is 5.58. The Kier molecular flexibility index (Phi) is 4.20. The summed E-state index contributed by atoms with van der Waals surface area (Å²) in [5.74, 6) is 1.51. The molecule has 1 N–H and O–H groups in total. The summed E-state index contributed by atoms with van der Waals surface area (Å²) in [7, 11) is 3.26. The fourth-order valence-corrected chi connectivity index (χ4v) is 2.49. The van der Waals surface area contributed by atoms with Crippen molar-refractivity contribution < 1.29 is 13.9 Å². The molecule has 2 aromatic carbocycles. The van der Waals surface area contributed by atoms with Gasteiger partial charge in [-0.3, -0.25) is 0 Å². The van der Waals surface area contributed by atoms with Crippen LogP contribution in [0.4, 0.5) is 6.01 Å². The second-order valence-electron chi connectivity index (χ2n) is 4.66. The number of aromatic nitrogens is 1. The van der Waals surface area contributed by atoms with Gasteiger partial charge in [0, 0.05) is 22.6 Å². The van der Waals surface area contributed by atoms with Crippen LogP contribution in [0.15, 0.2) is 45.3 Å². The zero-order chi connectivity index (χ0) is 15.5. The summed E-state index contributed by atoms with van der Waals surface area (Å²) >= 11 is 3.42. The molecule has 0 saturated heterocycles. The summed E-state index contributed by atoms with van der Waals surface area (Å²) < 4.78 is 17.2. The Morgan fingerprint density at radius 3 is 2.77 bits per heavy atom. The third-order valence-corrected chi connectivity index (χ3v) is 3.77. The van der Waals surface area contributed by atoms with Gasteiger partial charge >= 0.3 is 0 Å². The first kappa shape index (κ1) is 14.7. The van der Waals surface area contributed by atoms with Gasteiger partial charge in [-0.2, -0.15) is 4.98 Å². The van der Waals surface area contributed by atoms with E-state index in [-0.39, 0.29) is 0 Å². The summed E-state index contributed by atoms with van der Waals surface area (Å²) in [5, 5.41) is 3.17. The topological polar surface area (TPSA) is 56.5 Å². The minimum atomic E-state index is 0.478. The van der Waals surface area contributed by atoms with E-state index in [0.29, 0.717) is 12.6 Å². The van der Waals surface area contributed by atoms with Crippen molar-refractivity contribution >= 4 is 33.0 Å². The van der Waals surface area contributed by atoms with Gasteiger partial charge < -0.3 is 19.2 Å². The third kappa shape index (κ3) is 3.01. The summed E-state index contributed by atoms with van der Waals surface area (Å²) in [4.78, 5) is 4.40. The van der Waals surface area contributed by atoms with Gasteiger partial charge in [0.15, 0.2) is 5.58 Å². The average Bonchev–Trinajstić information content (AvgIpc) is 2.94. The quantitative estimate of drug-likeness (QED) is 0.736. The van der Waals surface area contributed by atoms with Gasteiger partial charge in [0.1, 0.15) is 17.0 Å². The van der Waals surface area contributed by atoms with E-state index in [2.05, 4.69) is 26.2 Å². The van der Waals surface area contributed by atoms with Crippen molar-refractivity contribution in [3.05, 3.63) is 46.4 Å². The molecule has 0 spiro atoms. The largest absolute Gasteiger partial charge is 0.497 e. The third-order valence-electron chi connectivity index (χ3n) is 3.27. The normalized spacial score (nSPS) is 10.7. The van der Waals surface area contributed by atoms with E-state index in [1.807, 2.05) is 36.4 Å². The van der Waals surface area contributed by atoms with Gasteiger partial charge in [-0.15, -0.1) is 0 Å². The Labute approximate surface area is 136 Å². The average molecular weight is 363 g/mol. The number of anilines is 1. The van der Waals surface area contributed by atoms with Gasteiger partial charge in [0.25, 0.3) is 6.01 Å². The first-order valence-electron chi connectivity index (χ1n) is 6.70. The molecule has 0 saturated carbocycles. The fraction of sp³-hybridized carbons (Fsp3) is 0.188. The van der Waals surface area contributed by atoms with Crippen molar-refractivity contribution in [3.63, 3.8) is 0 Å². The van der Waals surface area contributed by atoms with Crippen molar-refractivity contribution in [1.82, 2.24) is 4.98 Å². The van der Waals surface area contributed by atoms with E-state index in [4.69, 9.17) is 13.9 Å². The highest BCUT2D eigenvalue weighted by Crippen LogP contribution is 2.26.